The Morgan fingerprint density at radius 3 is 2.31 bits per heavy atom. The topological polar surface area (TPSA) is 90.6 Å². The van der Waals surface area contributed by atoms with Crippen LogP contribution < -0.4 is 15.2 Å². The first-order chi connectivity index (χ1) is 12.0. The van der Waals surface area contributed by atoms with Crippen LogP contribution in [0.15, 0.2) is 59.5 Å². The fourth-order valence-electron chi connectivity index (χ4n) is 2.18. The first kappa shape index (κ1) is 22.4. The molecule has 0 bridgehead atoms. The van der Waals surface area contributed by atoms with Gasteiger partial charge in [-0.25, -0.2) is 13.1 Å². The van der Waals surface area contributed by atoms with Gasteiger partial charge in [-0.05, 0) is 36.8 Å². The quantitative estimate of drug-likeness (QED) is 0.598. The zero-order chi connectivity index (χ0) is 18.1. The van der Waals surface area contributed by atoms with Crippen molar-refractivity contribution < 1.29 is 17.9 Å². The molecule has 0 aliphatic heterocycles. The highest BCUT2D eigenvalue weighted by Gasteiger charge is 2.16. The maximum atomic E-state index is 12.4. The van der Waals surface area contributed by atoms with Gasteiger partial charge in [0, 0.05) is 19.2 Å². The van der Waals surface area contributed by atoms with Crippen molar-refractivity contribution in [3.63, 3.8) is 0 Å². The SMILES string of the molecule is CCOCCOc1ccc(S(=O)(=O)NCC(N)c2ccccc2)cc1.Cl. The summed E-state index contributed by atoms with van der Waals surface area (Å²) in [5.41, 5.74) is 6.90. The molecule has 1 atom stereocenters. The highest BCUT2D eigenvalue weighted by atomic mass is 35.5. The standard InChI is InChI=1S/C18H24N2O4S.ClH/c1-2-23-12-13-24-16-8-10-17(11-9-16)25(21,22)20-14-18(19)15-6-4-3-5-7-15;/h3-11,18,20H,2,12-14,19H2,1H3;1H. The Bertz CT molecular complexity index is 740. The lowest BCUT2D eigenvalue weighted by atomic mass is 10.1. The van der Waals surface area contributed by atoms with Crippen LogP contribution in [-0.4, -0.2) is 34.8 Å². The number of sulfonamides is 1. The van der Waals surface area contributed by atoms with E-state index in [9.17, 15) is 8.42 Å². The lowest BCUT2D eigenvalue weighted by molar-refractivity contribution is 0.110. The van der Waals surface area contributed by atoms with Crippen LogP contribution in [0.4, 0.5) is 0 Å². The molecule has 2 aromatic rings. The van der Waals surface area contributed by atoms with Gasteiger partial charge in [-0.3, -0.25) is 0 Å². The van der Waals surface area contributed by atoms with Crippen molar-refractivity contribution in [1.82, 2.24) is 4.72 Å². The zero-order valence-corrected chi connectivity index (χ0v) is 16.3. The number of nitrogens with two attached hydrogens (primary N) is 1. The highest BCUT2D eigenvalue weighted by Crippen LogP contribution is 2.16. The van der Waals surface area contributed by atoms with Crippen LogP contribution in [0.5, 0.6) is 5.75 Å². The molecular weight excluding hydrogens is 376 g/mol. The first-order valence-electron chi connectivity index (χ1n) is 8.13. The molecule has 26 heavy (non-hydrogen) atoms. The molecule has 0 spiro atoms. The summed E-state index contributed by atoms with van der Waals surface area (Å²) in [5, 5.41) is 0. The molecule has 0 saturated carbocycles. The van der Waals surface area contributed by atoms with Gasteiger partial charge >= 0.3 is 0 Å². The molecule has 144 valence electrons. The summed E-state index contributed by atoms with van der Waals surface area (Å²) < 4.78 is 37.9. The molecule has 0 heterocycles. The summed E-state index contributed by atoms with van der Waals surface area (Å²) in [7, 11) is -3.62. The monoisotopic (exact) mass is 400 g/mol. The fourth-order valence-corrected chi connectivity index (χ4v) is 3.24. The van der Waals surface area contributed by atoms with E-state index in [2.05, 4.69) is 4.72 Å². The van der Waals surface area contributed by atoms with Gasteiger partial charge in [0.15, 0.2) is 0 Å². The Morgan fingerprint density at radius 1 is 1.04 bits per heavy atom. The smallest absolute Gasteiger partial charge is 0.240 e. The molecular formula is C18H25ClN2O4S. The van der Waals surface area contributed by atoms with Crippen molar-refractivity contribution in [2.75, 3.05) is 26.4 Å². The van der Waals surface area contributed by atoms with E-state index in [0.29, 0.717) is 25.6 Å². The minimum absolute atomic E-state index is 0. The number of benzene rings is 2. The molecule has 2 aromatic carbocycles. The number of hydrogen-bond acceptors (Lipinski definition) is 5. The van der Waals surface area contributed by atoms with Gasteiger partial charge in [0.2, 0.25) is 10.0 Å². The summed E-state index contributed by atoms with van der Waals surface area (Å²) >= 11 is 0. The molecule has 0 amide bonds. The van der Waals surface area contributed by atoms with Crippen molar-refractivity contribution >= 4 is 22.4 Å². The Hall–Kier alpha value is -1.64. The lowest BCUT2D eigenvalue weighted by Gasteiger charge is -2.14. The van der Waals surface area contributed by atoms with Crippen molar-refractivity contribution in [1.29, 1.82) is 0 Å². The van der Waals surface area contributed by atoms with Crippen LogP contribution in [0, 0.1) is 0 Å². The van der Waals surface area contributed by atoms with Crippen molar-refractivity contribution in [2.45, 2.75) is 17.9 Å². The first-order valence-corrected chi connectivity index (χ1v) is 9.62. The van der Waals surface area contributed by atoms with E-state index in [1.807, 2.05) is 37.3 Å². The largest absolute Gasteiger partial charge is 0.491 e. The molecule has 0 fully saturated rings. The van der Waals surface area contributed by atoms with Gasteiger partial charge < -0.3 is 15.2 Å². The van der Waals surface area contributed by atoms with Gasteiger partial charge in [0.25, 0.3) is 0 Å². The van der Waals surface area contributed by atoms with E-state index in [1.54, 1.807) is 12.1 Å². The van der Waals surface area contributed by atoms with E-state index >= 15 is 0 Å². The Labute approximate surface area is 161 Å². The molecule has 0 saturated heterocycles. The van der Waals surface area contributed by atoms with Gasteiger partial charge in [-0.2, -0.15) is 0 Å². The summed E-state index contributed by atoms with van der Waals surface area (Å²) in [5.74, 6) is 0.597. The second-order valence-corrected chi connectivity index (χ2v) is 7.15. The van der Waals surface area contributed by atoms with E-state index in [1.165, 1.54) is 12.1 Å². The van der Waals surface area contributed by atoms with Gasteiger partial charge in [0.05, 0.1) is 11.5 Å². The number of ether oxygens (including phenoxy) is 2. The molecule has 0 aromatic heterocycles. The van der Waals surface area contributed by atoms with Crippen molar-refractivity contribution in [2.24, 2.45) is 5.73 Å². The third-order valence-electron chi connectivity index (χ3n) is 3.56. The molecule has 6 nitrogen and oxygen atoms in total. The van der Waals surface area contributed by atoms with E-state index in [0.717, 1.165) is 5.56 Å². The Balaban J connectivity index is 0.00000338. The highest BCUT2D eigenvalue weighted by molar-refractivity contribution is 7.89. The maximum absolute atomic E-state index is 12.4. The molecule has 8 heteroatoms. The van der Waals surface area contributed by atoms with E-state index in [4.69, 9.17) is 15.2 Å². The number of nitrogens with one attached hydrogen (secondary N) is 1. The Morgan fingerprint density at radius 2 is 1.69 bits per heavy atom. The van der Waals surface area contributed by atoms with Crippen LogP contribution in [0.1, 0.15) is 18.5 Å². The second kappa shape index (κ2) is 11.2. The fraction of sp³-hybridized carbons (Fsp3) is 0.333. The average molecular weight is 401 g/mol. The minimum atomic E-state index is -3.62. The summed E-state index contributed by atoms with van der Waals surface area (Å²) in [4.78, 5) is 0.171. The predicted octanol–water partition coefficient (Wildman–Crippen LogP) is 2.50. The molecule has 3 N–H and O–H groups in total. The van der Waals surface area contributed by atoms with Crippen LogP contribution >= 0.6 is 12.4 Å². The van der Waals surface area contributed by atoms with Gasteiger partial charge in [-0.1, -0.05) is 30.3 Å². The number of hydrogen-bond donors (Lipinski definition) is 2. The summed E-state index contributed by atoms with van der Waals surface area (Å²) in [6.45, 7) is 3.59. The van der Waals surface area contributed by atoms with Crippen LogP contribution in [-0.2, 0) is 14.8 Å². The van der Waals surface area contributed by atoms with E-state index < -0.39 is 16.1 Å². The average Bonchev–Trinajstić information content (AvgIpc) is 2.64. The minimum Gasteiger partial charge on any atom is -0.491 e. The number of rotatable bonds is 10. The van der Waals surface area contributed by atoms with Crippen molar-refractivity contribution in [3.05, 3.63) is 60.2 Å². The van der Waals surface area contributed by atoms with Crippen LogP contribution in [0.3, 0.4) is 0 Å². The second-order valence-electron chi connectivity index (χ2n) is 5.39. The van der Waals surface area contributed by atoms with Crippen molar-refractivity contribution in [3.8, 4) is 5.75 Å². The molecule has 2 rings (SSSR count). The third kappa shape index (κ3) is 6.93. The number of halogens is 1. The van der Waals surface area contributed by atoms with Crippen LogP contribution in [0.2, 0.25) is 0 Å². The zero-order valence-electron chi connectivity index (χ0n) is 14.6. The normalized spacial score (nSPS) is 12.2. The molecule has 1 unspecified atom stereocenters. The Kier molecular flexibility index (Phi) is 9.61. The van der Waals surface area contributed by atoms with E-state index in [-0.39, 0.29) is 23.8 Å². The lowest BCUT2D eigenvalue weighted by Crippen LogP contribution is -2.31. The van der Waals surface area contributed by atoms with Gasteiger partial charge in [0.1, 0.15) is 12.4 Å². The van der Waals surface area contributed by atoms with Crippen LogP contribution in [0.25, 0.3) is 0 Å². The molecule has 0 radical (unpaired) electrons. The molecule has 0 aliphatic carbocycles. The molecule has 0 aliphatic rings. The predicted molar refractivity (Wildman–Crippen MR) is 104 cm³/mol. The summed E-state index contributed by atoms with van der Waals surface area (Å²) in [6.07, 6.45) is 0. The summed E-state index contributed by atoms with van der Waals surface area (Å²) in [6, 6.07) is 15.2. The maximum Gasteiger partial charge on any atom is 0.240 e. The van der Waals surface area contributed by atoms with Gasteiger partial charge in [-0.15, -0.1) is 12.4 Å². The third-order valence-corrected chi connectivity index (χ3v) is 5.00.